The normalized spacial score (nSPS) is 11.4. The number of fused-ring (bicyclic) bond motifs is 1. The van der Waals surface area contributed by atoms with E-state index in [1.54, 1.807) is 16.7 Å². The minimum atomic E-state index is -0.532. The van der Waals surface area contributed by atoms with E-state index >= 15 is 0 Å². The van der Waals surface area contributed by atoms with Gasteiger partial charge in [-0.25, -0.2) is 14.6 Å². The van der Waals surface area contributed by atoms with Crippen molar-refractivity contribution in [3.05, 3.63) is 96.4 Å². The Bertz CT molecular complexity index is 1500. The Morgan fingerprint density at radius 3 is 2.39 bits per heavy atom. The van der Waals surface area contributed by atoms with Crippen molar-refractivity contribution in [2.75, 3.05) is 5.43 Å². The van der Waals surface area contributed by atoms with Crippen molar-refractivity contribution < 1.29 is 9.31 Å². The highest BCUT2D eigenvalue weighted by Gasteiger charge is 2.19. The highest BCUT2D eigenvalue weighted by molar-refractivity contribution is 5.81. The number of benzene rings is 2. The molecule has 4 aromatic rings. The Hall–Kier alpha value is -4.61. The Morgan fingerprint density at radius 2 is 1.76 bits per heavy atom. The van der Waals surface area contributed by atoms with Crippen LogP contribution >= 0.6 is 0 Å². The summed E-state index contributed by atoms with van der Waals surface area (Å²) in [7, 11) is 2.88. The molecule has 4 rings (SSSR count). The minimum Gasteiger partial charge on any atom is -0.298 e. The van der Waals surface area contributed by atoms with Gasteiger partial charge >= 0.3 is 5.69 Å². The van der Waals surface area contributed by atoms with Crippen LogP contribution in [0.3, 0.4) is 0 Å². The molecule has 0 saturated heterocycles. The molecule has 0 aliphatic carbocycles. The van der Waals surface area contributed by atoms with Crippen LogP contribution < -0.4 is 16.7 Å². The number of rotatable bonds is 6. The van der Waals surface area contributed by atoms with Crippen LogP contribution in [0.1, 0.15) is 11.1 Å². The molecule has 168 valence electrons. The van der Waals surface area contributed by atoms with E-state index in [1.807, 2.05) is 0 Å². The number of hydrogen-bond acceptors (Lipinski definition) is 7. The van der Waals surface area contributed by atoms with E-state index in [0.717, 1.165) is 4.57 Å². The van der Waals surface area contributed by atoms with Gasteiger partial charge < -0.3 is 0 Å². The Balaban J connectivity index is 1.76. The predicted molar refractivity (Wildman–Crippen MR) is 120 cm³/mol. The molecule has 0 unspecified atom stereocenters. The first-order valence-electron chi connectivity index (χ1n) is 9.70. The molecule has 12 heteroatoms. The molecule has 1 N–H and O–H groups in total. The number of non-ortho nitro benzene ring substituents is 1. The molecule has 0 aliphatic heterocycles. The zero-order chi connectivity index (χ0) is 23.7. The van der Waals surface area contributed by atoms with Gasteiger partial charge in [-0.15, -0.1) is 0 Å². The number of imidazole rings is 1. The van der Waals surface area contributed by atoms with E-state index in [9.17, 15) is 24.1 Å². The molecular formula is C21H18FN7O4. The summed E-state index contributed by atoms with van der Waals surface area (Å²) in [6.45, 7) is 0.166. The fraction of sp³-hybridized carbons (Fsp3) is 0.143. The largest absolute Gasteiger partial charge is 0.332 e. The number of nitrogens with one attached hydrogen (secondary N) is 1. The number of nitro benzene ring substituents is 1. The molecular weight excluding hydrogens is 433 g/mol. The van der Waals surface area contributed by atoms with Gasteiger partial charge in [0, 0.05) is 26.2 Å². The van der Waals surface area contributed by atoms with Gasteiger partial charge in [0.25, 0.3) is 11.2 Å². The summed E-state index contributed by atoms with van der Waals surface area (Å²) in [6.07, 6.45) is 1.43. The quantitative estimate of drug-likeness (QED) is 0.271. The first kappa shape index (κ1) is 21.6. The molecule has 33 heavy (non-hydrogen) atoms. The first-order valence-corrected chi connectivity index (χ1v) is 9.70. The maximum absolute atomic E-state index is 13.3. The zero-order valence-electron chi connectivity index (χ0n) is 17.6. The zero-order valence-corrected chi connectivity index (χ0v) is 17.6. The van der Waals surface area contributed by atoms with E-state index in [2.05, 4.69) is 15.5 Å². The summed E-state index contributed by atoms with van der Waals surface area (Å²) in [6, 6.07) is 11.5. The number of aryl methyl sites for hydroxylation is 1. The molecule has 2 heterocycles. The monoisotopic (exact) mass is 451 g/mol. The van der Waals surface area contributed by atoms with Gasteiger partial charge in [0.15, 0.2) is 11.2 Å². The smallest absolute Gasteiger partial charge is 0.298 e. The molecule has 0 bridgehead atoms. The van der Waals surface area contributed by atoms with Crippen LogP contribution in [-0.4, -0.2) is 29.8 Å². The van der Waals surface area contributed by atoms with E-state index in [0.29, 0.717) is 11.1 Å². The highest BCUT2D eigenvalue weighted by Crippen LogP contribution is 2.18. The number of hydrogen-bond donors (Lipinski definition) is 1. The summed E-state index contributed by atoms with van der Waals surface area (Å²) in [5.41, 5.74) is 3.30. The lowest BCUT2D eigenvalue weighted by Gasteiger charge is -2.09. The second kappa shape index (κ2) is 8.49. The third-order valence-corrected chi connectivity index (χ3v) is 5.08. The van der Waals surface area contributed by atoms with Gasteiger partial charge in [-0.1, -0.05) is 12.1 Å². The number of nitrogens with zero attached hydrogens (tertiary/aromatic N) is 6. The summed E-state index contributed by atoms with van der Waals surface area (Å²) in [4.78, 5) is 39.9. The van der Waals surface area contributed by atoms with Gasteiger partial charge in [-0.05, 0) is 35.4 Å². The van der Waals surface area contributed by atoms with Crippen molar-refractivity contribution in [2.24, 2.45) is 19.2 Å². The molecule has 0 fully saturated rings. The summed E-state index contributed by atoms with van der Waals surface area (Å²) < 4.78 is 17.1. The highest BCUT2D eigenvalue weighted by atomic mass is 19.1. The molecule has 0 saturated carbocycles. The van der Waals surface area contributed by atoms with E-state index in [-0.39, 0.29) is 29.3 Å². The number of aromatic nitrogens is 4. The minimum absolute atomic E-state index is 0.0436. The summed E-state index contributed by atoms with van der Waals surface area (Å²) >= 11 is 0. The predicted octanol–water partition coefficient (Wildman–Crippen LogP) is 1.98. The molecule has 0 radical (unpaired) electrons. The maximum Gasteiger partial charge on any atom is 0.332 e. The lowest BCUT2D eigenvalue weighted by Crippen LogP contribution is -2.37. The fourth-order valence-corrected chi connectivity index (χ4v) is 3.30. The SMILES string of the molecule is Cn1c(=O)c2c(nc(NN=Cc3ccc([N+](=O)[O-])cc3)n2Cc2ccc(F)cc2)n(C)c1=O. The second-order valence-corrected chi connectivity index (χ2v) is 7.24. The molecule has 11 nitrogen and oxygen atoms in total. The summed E-state index contributed by atoms with van der Waals surface area (Å²) in [5, 5.41) is 14.9. The van der Waals surface area contributed by atoms with Gasteiger partial charge in [-0.3, -0.25) is 28.6 Å². The molecule has 2 aromatic heterocycles. The van der Waals surface area contributed by atoms with E-state index in [1.165, 1.54) is 61.3 Å². The van der Waals surface area contributed by atoms with E-state index in [4.69, 9.17) is 0 Å². The number of halogens is 1. The average Bonchev–Trinajstić information content (AvgIpc) is 3.16. The van der Waals surface area contributed by atoms with Crippen molar-refractivity contribution in [3.63, 3.8) is 0 Å². The average molecular weight is 451 g/mol. The number of anilines is 1. The van der Waals surface area contributed by atoms with Crippen molar-refractivity contribution in [2.45, 2.75) is 6.54 Å². The van der Waals surface area contributed by atoms with Gasteiger partial charge in [-0.2, -0.15) is 10.1 Å². The van der Waals surface area contributed by atoms with Crippen molar-refractivity contribution in [1.29, 1.82) is 0 Å². The molecule has 0 atom stereocenters. The van der Waals surface area contributed by atoms with Crippen LogP contribution in [0.15, 0.2) is 63.2 Å². The van der Waals surface area contributed by atoms with Crippen LogP contribution in [-0.2, 0) is 20.6 Å². The van der Waals surface area contributed by atoms with E-state index < -0.39 is 22.0 Å². The van der Waals surface area contributed by atoms with Gasteiger partial charge in [0.2, 0.25) is 5.95 Å². The topological polar surface area (TPSA) is 129 Å². The number of hydrazone groups is 1. The Labute approximate surface area is 185 Å². The first-order chi connectivity index (χ1) is 15.8. The standard InChI is InChI=1S/C21H18FN7O4/c1-26-18-17(19(30)27(2)21(26)31)28(12-14-3-7-15(22)8-4-14)20(24-18)25-23-11-13-5-9-16(10-6-13)29(32)33/h3-11H,12H2,1-2H3,(H,24,25). The fourth-order valence-electron chi connectivity index (χ4n) is 3.30. The Morgan fingerprint density at radius 1 is 1.09 bits per heavy atom. The van der Waals surface area contributed by atoms with Crippen LogP contribution in [0, 0.1) is 15.9 Å². The lowest BCUT2D eigenvalue weighted by molar-refractivity contribution is -0.384. The lowest BCUT2D eigenvalue weighted by atomic mass is 10.2. The number of nitro groups is 1. The third-order valence-electron chi connectivity index (χ3n) is 5.08. The Kier molecular flexibility index (Phi) is 5.56. The maximum atomic E-state index is 13.3. The molecule has 2 aromatic carbocycles. The van der Waals surface area contributed by atoms with Crippen LogP contribution in [0.2, 0.25) is 0 Å². The van der Waals surface area contributed by atoms with Crippen LogP contribution in [0.4, 0.5) is 16.0 Å². The van der Waals surface area contributed by atoms with Crippen LogP contribution in [0.5, 0.6) is 0 Å². The van der Waals surface area contributed by atoms with Gasteiger partial charge in [0.1, 0.15) is 5.82 Å². The van der Waals surface area contributed by atoms with Crippen molar-refractivity contribution in [3.8, 4) is 0 Å². The second-order valence-electron chi connectivity index (χ2n) is 7.24. The van der Waals surface area contributed by atoms with Crippen molar-refractivity contribution in [1.82, 2.24) is 18.7 Å². The molecule has 0 aliphatic rings. The van der Waals surface area contributed by atoms with Crippen LogP contribution in [0.25, 0.3) is 11.2 Å². The summed E-state index contributed by atoms with van der Waals surface area (Å²) in [5.74, 6) is -0.204. The van der Waals surface area contributed by atoms with Gasteiger partial charge in [0.05, 0.1) is 17.7 Å². The molecule has 0 amide bonds. The third kappa shape index (κ3) is 4.13. The van der Waals surface area contributed by atoms with Crippen molar-refractivity contribution >= 4 is 29.0 Å². The molecule has 0 spiro atoms.